The van der Waals surface area contributed by atoms with Crippen molar-refractivity contribution in [2.75, 3.05) is 13.1 Å². The van der Waals surface area contributed by atoms with Gasteiger partial charge in [0.15, 0.2) is 0 Å². The Balaban J connectivity index is 1.10. The van der Waals surface area contributed by atoms with Gasteiger partial charge in [0.2, 0.25) is 0 Å². The number of halogens is 1. The van der Waals surface area contributed by atoms with Crippen molar-refractivity contribution in [3.8, 4) is 0 Å². The Bertz CT molecular complexity index is 1750. The van der Waals surface area contributed by atoms with E-state index in [1.807, 2.05) is 73.0 Å². The number of alkyl halides is 1. The predicted octanol–water partition coefficient (Wildman–Crippen LogP) is 5.86. The summed E-state index contributed by atoms with van der Waals surface area (Å²) in [7, 11) is 0. The molecule has 2 amide bonds. The maximum absolute atomic E-state index is 14.2. The molecule has 2 saturated heterocycles. The van der Waals surface area contributed by atoms with Crippen molar-refractivity contribution in [2.45, 2.75) is 81.6 Å². The van der Waals surface area contributed by atoms with Crippen LogP contribution >= 0.6 is 11.3 Å². The molecule has 8 nitrogen and oxygen atoms in total. The van der Waals surface area contributed by atoms with E-state index in [-0.39, 0.29) is 46.7 Å². The van der Waals surface area contributed by atoms with Gasteiger partial charge in [0.05, 0.1) is 30.4 Å². The molecular formula is C38H41FN4O4S. The first-order valence-electron chi connectivity index (χ1n) is 16.7. The fourth-order valence-electron chi connectivity index (χ4n) is 7.43. The lowest BCUT2D eigenvalue weighted by Gasteiger charge is -2.30. The van der Waals surface area contributed by atoms with Crippen LogP contribution in [0, 0.1) is 6.92 Å². The number of amides is 2. The van der Waals surface area contributed by atoms with Crippen LogP contribution in [-0.2, 0) is 18.0 Å². The highest BCUT2D eigenvalue weighted by Gasteiger charge is 2.62. The van der Waals surface area contributed by atoms with Crippen molar-refractivity contribution in [3.63, 3.8) is 0 Å². The number of nitrogens with zero attached hydrogens (tertiary/aromatic N) is 2. The maximum Gasteiger partial charge on any atom is 0.254 e. The number of ether oxygens (including phenoxy) is 1. The summed E-state index contributed by atoms with van der Waals surface area (Å²) >= 11 is 1.54. The molecule has 0 radical (unpaired) electrons. The van der Waals surface area contributed by atoms with Crippen molar-refractivity contribution in [2.24, 2.45) is 0 Å². The van der Waals surface area contributed by atoms with Crippen molar-refractivity contribution < 1.29 is 23.8 Å². The number of carbonyl (C=O) groups excluding carboxylic acids is 2. The molecule has 0 bridgehead atoms. The number of rotatable bonds is 11. The molecule has 6 atom stereocenters. The SMILES string of the molecule is Cc1csc([C@H]2CCCN2C(=O)c2cc(CF)cc(C(=O)NC3([C@H](O)[C@H]4C[C@@H](OCc5ccccc5)CN4)CC3c3ccccc3)c2)n1. The van der Waals surface area contributed by atoms with Gasteiger partial charge >= 0.3 is 0 Å². The zero-order valence-electron chi connectivity index (χ0n) is 27.0. The molecule has 7 rings (SSSR count). The minimum atomic E-state index is -0.941. The number of benzene rings is 3. The van der Waals surface area contributed by atoms with Gasteiger partial charge in [0, 0.05) is 47.3 Å². The smallest absolute Gasteiger partial charge is 0.254 e. The summed E-state index contributed by atoms with van der Waals surface area (Å²) in [5, 5.41) is 21.4. The lowest BCUT2D eigenvalue weighted by Crippen LogP contribution is -2.54. The highest BCUT2D eigenvalue weighted by molar-refractivity contribution is 7.09. The third kappa shape index (κ3) is 6.67. The van der Waals surface area contributed by atoms with Gasteiger partial charge in [-0.3, -0.25) is 9.59 Å². The molecule has 1 aromatic heterocycles. The van der Waals surface area contributed by atoms with Gasteiger partial charge in [-0.15, -0.1) is 11.3 Å². The highest BCUT2D eigenvalue weighted by Crippen LogP contribution is 2.55. The summed E-state index contributed by atoms with van der Waals surface area (Å²) in [6, 6.07) is 24.0. The standard InChI is InChI=1S/C38H41FN4O4S/c1-24-23-48-36(41-24)33-13-8-14-43(33)37(46)29-16-26(20-39)15-28(17-29)35(45)42-38(19-31(38)27-11-6-3-7-12-27)34(44)32-18-30(21-40-32)47-22-25-9-4-2-5-10-25/h2-7,9-12,15-17,23,30-34,40,44H,8,13-14,18-22H2,1H3,(H,42,45)/t30-,31?,32-,33-,34-,38?/m1/s1. The van der Waals surface area contributed by atoms with E-state index in [9.17, 15) is 19.1 Å². The van der Waals surface area contributed by atoms with Crippen LogP contribution in [0.3, 0.4) is 0 Å². The van der Waals surface area contributed by atoms with E-state index in [4.69, 9.17) is 4.74 Å². The second-order valence-electron chi connectivity index (χ2n) is 13.3. The number of aryl methyl sites for hydroxylation is 1. The number of thiazole rings is 1. The Hall–Kier alpha value is -3.96. The summed E-state index contributed by atoms with van der Waals surface area (Å²) in [6.45, 7) is 2.77. The van der Waals surface area contributed by atoms with Crippen LogP contribution in [0.4, 0.5) is 4.39 Å². The molecule has 2 unspecified atom stereocenters. The lowest BCUT2D eigenvalue weighted by atomic mass is 9.93. The average Bonchev–Trinajstić information content (AvgIpc) is 3.53. The van der Waals surface area contributed by atoms with Crippen molar-refractivity contribution >= 4 is 23.2 Å². The maximum atomic E-state index is 14.2. The van der Waals surface area contributed by atoms with Gasteiger partial charge < -0.3 is 25.4 Å². The number of aliphatic hydroxyl groups excluding tert-OH is 1. The number of aliphatic hydroxyl groups is 1. The predicted molar refractivity (Wildman–Crippen MR) is 183 cm³/mol. The van der Waals surface area contributed by atoms with E-state index in [1.165, 1.54) is 23.5 Å². The van der Waals surface area contributed by atoms with Crippen LogP contribution in [0.15, 0.2) is 84.2 Å². The largest absolute Gasteiger partial charge is 0.389 e. The molecule has 3 aromatic carbocycles. The van der Waals surface area contributed by atoms with Gasteiger partial charge in [-0.2, -0.15) is 0 Å². The fraction of sp³-hybridized carbons (Fsp3) is 0.395. The number of hydrogen-bond acceptors (Lipinski definition) is 7. The zero-order chi connectivity index (χ0) is 33.3. The first kappa shape index (κ1) is 32.6. The van der Waals surface area contributed by atoms with Gasteiger partial charge in [-0.05, 0) is 67.5 Å². The summed E-state index contributed by atoms with van der Waals surface area (Å²) in [5.74, 6) is -0.795. The van der Waals surface area contributed by atoms with Crippen LogP contribution in [0.25, 0.3) is 0 Å². The third-order valence-electron chi connectivity index (χ3n) is 10.0. The number of aromatic nitrogens is 1. The number of hydrogen-bond donors (Lipinski definition) is 3. The van der Waals surface area contributed by atoms with Gasteiger partial charge in [-0.1, -0.05) is 60.7 Å². The number of carbonyl (C=O) groups is 2. The van der Waals surface area contributed by atoms with Crippen LogP contribution in [-0.4, -0.2) is 63.7 Å². The molecule has 3 aliphatic rings. The minimum Gasteiger partial charge on any atom is -0.389 e. The van der Waals surface area contributed by atoms with E-state index in [0.717, 1.165) is 34.7 Å². The monoisotopic (exact) mass is 668 g/mol. The molecule has 3 heterocycles. The van der Waals surface area contributed by atoms with E-state index >= 15 is 0 Å². The summed E-state index contributed by atoms with van der Waals surface area (Å²) < 4.78 is 20.4. The first-order chi connectivity index (χ1) is 23.3. The number of nitrogens with one attached hydrogen (secondary N) is 2. The van der Waals surface area contributed by atoms with Crippen molar-refractivity contribution in [1.82, 2.24) is 20.5 Å². The third-order valence-corrected chi connectivity index (χ3v) is 11.1. The fourth-order valence-corrected chi connectivity index (χ4v) is 8.37. The average molecular weight is 669 g/mol. The Morgan fingerprint density at radius 1 is 1.10 bits per heavy atom. The van der Waals surface area contributed by atoms with E-state index in [1.54, 1.807) is 11.0 Å². The summed E-state index contributed by atoms with van der Waals surface area (Å²) in [5.41, 5.74) is 2.82. The Morgan fingerprint density at radius 2 is 1.85 bits per heavy atom. The van der Waals surface area contributed by atoms with E-state index in [0.29, 0.717) is 32.5 Å². The molecular weight excluding hydrogens is 628 g/mol. The van der Waals surface area contributed by atoms with E-state index in [2.05, 4.69) is 15.6 Å². The minimum absolute atomic E-state index is 0.0796. The topological polar surface area (TPSA) is 104 Å². The van der Waals surface area contributed by atoms with Crippen LogP contribution in [0.5, 0.6) is 0 Å². The van der Waals surface area contributed by atoms with Crippen LogP contribution in [0.2, 0.25) is 0 Å². The molecule has 1 saturated carbocycles. The second-order valence-corrected chi connectivity index (χ2v) is 14.2. The lowest BCUT2D eigenvalue weighted by molar-refractivity contribution is 0.0388. The van der Waals surface area contributed by atoms with Crippen LogP contribution in [0.1, 0.15) is 85.8 Å². The first-order valence-corrected chi connectivity index (χ1v) is 17.6. The Labute approximate surface area is 284 Å². The summed E-state index contributed by atoms with van der Waals surface area (Å²) in [6.07, 6.45) is 1.82. The molecule has 4 aromatic rings. The summed E-state index contributed by atoms with van der Waals surface area (Å²) in [4.78, 5) is 34.3. The number of likely N-dealkylation sites (tertiary alicyclic amines) is 1. The molecule has 1 aliphatic carbocycles. The molecule has 48 heavy (non-hydrogen) atoms. The molecule has 2 aliphatic heterocycles. The molecule has 0 spiro atoms. The second kappa shape index (κ2) is 13.9. The Kier molecular flexibility index (Phi) is 9.42. The normalized spacial score (nSPS) is 25.6. The van der Waals surface area contributed by atoms with Gasteiger partial charge in [0.1, 0.15) is 11.7 Å². The molecule has 10 heteroatoms. The highest BCUT2D eigenvalue weighted by atomic mass is 32.1. The molecule has 250 valence electrons. The van der Waals surface area contributed by atoms with Crippen LogP contribution < -0.4 is 10.6 Å². The Morgan fingerprint density at radius 3 is 2.58 bits per heavy atom. The molecule has 3 N–H and O–H groups in total. The van der Waals surface area contributed by atoms with Gasteiger partial charge in [0.25, 0.3) is 11.8 Å². The van der Waals surface area contributed by atoms with Gasteiger partial charge in [-0.25, -0.2) is 9.37 Å². The van der Waals surface area contributed by atoms with Crippen molar-refractivity contribution in [1.29, 1.82) is 0 Å². The zero-order valence-corrected chi connectivity index (χ0v) is 27.8. The van der Waals surface area contributed by atoms with E-state index < -0.39 is 24.2 Å². The molecule has 3 fully saturated rings. The van der Waals surface area contributed by atoms with Crippen molar-refractivity contribution in [3.05, 3.63) is 123 Å². The quantitative estimate of drug-likeness (QED) is 0.185.